The summed E-state index contributed by atoms with van der Waals surface area (Å²) in [6.45, 7) is 32.7. The number of alkyl halides is 5. The van der Waals surface area contributed by atoms with E-state index in [1.54, 1.807) is 102 Å². The number of amides is 9. The van der Waals surface area contributed by atoms with Crippen LogP contribution in [-0.4, -0.2) is 392 Å². The molecule has 0 radical (unpaired) electrons. The van der Waals surface area contributed by atoms with E-state index in [-0.39, 0.29) is 126 Å². The molecule has 0 aromatic rings. The Hall–Kier alpha value is -9.97. The minimum absolute atomic E-state index is 0. The Kier molecular flexibility index (Phi) is 47.2. The average Bonchev–Trinajstić information content (AvgIpc) is 1.62. The summed E-state index contributed by atoms with van der Waals surface area (Å²) < 4.78 is 71.8. The van der Waals surface area contributed by atoms with E-state index in [1.807, 2.05) is 29.2 Å². The zero-order valence-corrected chi connectivity index (χ0v) is 75.9. The Balaban J connectivity index is 0.000000735. The number of aliphatic carboxylic acids is 4. The molecule has 10 fully saturated rings. The zero-order valence-electron chi connectivity index (χ0n) is 74.3. The lowest BCUT2D eigenvalue weighted by molar-refractivity contribution is -0.165. The van der Waals surface area contributed by atoms with E-state index in [0.717, 1.165) is 35.7 Å². The molecule has 10 aliphatic rings. The average molecular weight is 1880 g/mol. The van der Waals surface area contributed by atoms with Crippen LogP contribution in [0.2, 0.25) is 0 Å². The number of rotatable bonds is 10. The molecule has 9 saturated heterocycles. The van der Waals surface area contributed by atoms with Gasteiger partial charge in [0.15, 0.2) is 12.2 Å². The standard InChI is InChI=1S/C18H28FN5O2.C10H15FN2O2.C10H18N2O4.C10H16N2O3.C10H17NO5.C7H8ClFN2O.C5H7FN2.C5H9NO3.C4H6O6.ClH/c1-18(21-8-16(25)24-11-14(19)5-15(24)20-2)6-12-9-23(10-13(12)7-18)17(26)22(3)4;1-10(2,3)15-9(14)13-6-7(11)4-8(13)5-12;1-10(2,3)16-9(15)12-5-6(13)4-7(12)8(11)14;1-10(2,3)15-9(14)12-6-8(13)4-7(12)5-11;1-10(2,3)16-9(15)11-5-6(12)4-7(11)8(13)14;8-2-7(12)11-4-5(9)1-6(11)3-10;6-4-1-5(2-7)8-3-4;7-3-1-4(5(8)9)6-2-3;5-1(3(7)8)2(6)4(9)10;/h12-15,21H,5-11H2,1,3-4H3;7-8H,4,6H2,1-3H3;6-7,13H,4-5H2,1-3H3,(H2,11,14);7-8,13H,4,6H2,1-3H3;6-7,12H,4-5H2,1-3H3,(H,13,14);5-6H,1-2,4H2;4-5,8H,1,3H2;3-4,6-7H,1-2H2,(H,8,9);1-2,5-6H,(H,7,8)(H,9,10);1H/t12-,13+,14-,15-,18?;7-,8-;6-,7+;7-,8+;6-,7+;5-,6-;4-,5-;3-,4+;;/m00101001../s1. The predicted octanol–water partition coefficient (Wildman–Crippen LogP) is 2.19. The number of carbonyl (C=O) groups excluding carboxylic acids is 8. The largest absolute Gasteiger partial charge is 0.480 e. The lowest BCUT2D eigenvalue weighted by Gasteiger charge is -2.30. The lowest BCUT2D eigenvalue weighted by atomic mass is 9.98. The summed E-state index contributed by atoms with van der Waals surface area (Å²) in [6, 6.07) is 3.28. The van der Waals surface area contributed by atoms with Crippen LogP contribution in [0.5, 0.6) is 0 Å². The molecule has 128 heavy (non-hydrogen) atoms. The Labute approximate surface area is 751 Å². The molecule has 1 aliphatic carbocycles. The third kappa shape index (κ3) is 40.0. The van der Waals surface area contributed by atoms with Gasteiger partial charge in [-0.1, -0.05) is 0 Å². The van der Waals surface area contributed by atoms with Gasteiger partial charge in [-0.05, 0) is 115 Å². The molecule has 49 heteroatoms. The number of fused-ring (bicyclic) bond motifs is 1. The van der Waals surface area contributed by atoms with Crippen LogP contribution >= 0.6 is 24.0 Å². The monoisotopic (exact) mass is 1870 g/mol. The Morgan fingerprint density at radius 3 is 1.24 bits per heavy atom. The molecule has 724 valence electrons. The summed E-state index contributed by atoms with van der Waals surface area (Å²) in [6.07, 6.45) is -11.0. The maximum atomic E-state index is 13.5. The second-order valence-electron chi connectivity index (χ2n) is 35.8. The van der Waals surface area contributed by atoms with E-state index >= 15 is 0 Å². The topological polar surface area (TPSA) is 632 Å². The highest BCUT2D eigenvalue weighted by Crippen LogP contribution is 2.44. The van der Waals surface area contributed by atoms with Gasteiger partial charge in [0, 0.05) is 90.8 Å². The van der Waals surface area contributed by atoms with Gasteiger partial charge in [-0.25, -0.2) is 62.5 Å². The van der Waals surface area contributed by atoms with Crippen LogP contribution in [0.4, 0.5) is 41.5 Å². The Morgan fingerprint density at radius 2 is 0.898 bits per heavy atom. The van der Waals surface area contributed by atoms with Crippen LogP contribution in [0.15, 0.2) is 0 Å². The fourth-order valence-corrected chi connectivity index (χ4v) is 14.2. The molecule has 0 bridgehead atoms. The Bertz CT molecular complexity index is 3800. The number of nitrogens with zero attached hydrogens (tertiary/aromatic N) is 13. The highest BCUT2D eigenvalue weighted by Gasteiger charge is 2.50. The number of carboxylic acids is 4. The molecule has 1 saturated carbocycles. The van der Waals surface area contributed by atoms with E-state index < -0.39 is 180 Å². The van der Waals surface area contributed by atoms with E-state index in [2.05, 4.69) is 27.7 Å². The number of β-amino-alcohol motifs (C(OH)–C–C–N with tert-alkyl or cyclic N) is 4. The van der Waals surface area contributed by atoms with Crippen molar-refractivity contribution < 1.29 is 145 Å². The number of primary amides is 1. The van der Waals surface area contributed by atoms with Crippen LogP contribution in [0.25, 0.3) is 4.85 Å². The molecule has 0 aromatic heterocycles. The summed E-state index contributed by atoms with van der Waals surface area (Å²) in [4.78, 5) is 148. The van der Waals surface area contributed by atoms with Crippen LogP contribution in [0, 0.1) is 63.7 Å². The number of carboxylic acid groups (broad SMARTS) is 4. The number of likely N-dealkylation sites (tertiary alicyclic amines) is 7. The predicted molar refractivity (Wildman–Crippen MR) is 444 cm³/mol. The normalized spacial score (nSPS) is 28.6. The number of carbonyl (C=O) groups is 12. The summed E-state index contributed by atoms with van der Waals surface area (Å²) in [5.74, 6) is -6.03. The van der Waals surface area contributed by atoms with Crippen LogP contribution in [-0.2, 0) is 52.5 Å². The number of hydrogen-bond acceptors (Lipinski definition) is 29. The number of nitrogens with two attached hydrogens (primary N) is 1. The van der Waals surface area contributed by atoms with E-state index in [4.69, 9.17) is 99.6 Å². The first-order valence-electron chi connectivity index (χ1n) is 40.6. The molecule has 9 amide bonds. The smallest absolute Gasteiger partial charge is 0.411 e. The molecule has 9 heterocycles. The molecule has 3 unspecified atom stereocenters. The second-order valence-corrected chi connectivity index (χ2v) is 36.1. The van der Waals surface area contributed by atoms with Crippen molar-refractivity contribution in [2.75, 3.05) is 92.0 Å². The van der Waals surface area contributed by atoms with Crippen molar-refractivity contribution in [1.82, 2.24) is 55.1 Å². The van der Waals surface area contributed by atoms with Gasteiger partial charge in [-0.3, -0.25) is 53.8 Å². The SMILES string of the molecule is CC(C)(C)OC(=O)N1C[C@@H](F)C[C@H]1C#N.CC(C)(C)OC(=O)N1C[C@H](O)C[C@H]1C#N.CC(C)(C)OC(=O)N1C[C@H](O)C[C@H]1C(=O)O.CC(C)(C)OC(=O)N1C[C@H](O)C[C@H]1C(N)=O.Cl.N#C[C@@H]1C[C@H](F)CN1.N#C[C@@H]1C[C@H](F)CN1C(=O)CCl.O=C(O)C(O)C(O)C(=O)O.O=C(O)[C@@H]1C[C@@H](O)CN1.[C-]#[N+][C@@H]1C[C@H](F)CN1C(=O)CNC1(C)C[C@H]2CN(C(=O)N(C)C)C[C@H]2C1. The molecule has 43 nitrogen and oxygen atoms in total. The molecule has 9 aliphatic heterocycles. The van der Waals surface area contributed by atoms with Crippen molar-refractivity contribution >= 4 is 96.0 Å². The highest BCUT2D eigenvalue weighted by atomic mass is 35.5. The first-order chi connectivity index (χ1) is 58.5. The molecule has 15 N–H and O–H groups in total. The van der Waals surface area contributed by atoms with E-state index in [9.17, 15) is 90.4 Å². The fourth-order valence-electron chi connectivity index (χ4n) is 14.1. The quantitative estimate of drug-likeness (QED) is 0.0645. The van der Waals surface area contributed by atoms with Crippen molar-refractivity contribution in [1.29, 1.82) is 21.0 Å². The number of nitriles is 4. The summed E-state index contributed by atoms with van der Waals surface area (Å²) in [5.41, 5.74) is 2.50. The summed E-state index contributed by atoms with van der Waals surface area (Å²) in [5, 5.41) is 130. The van der Waals surface area contributed by atoms with Crippen LogP contribution < -0.4 is 21.7 Å². The third-order valence-electron chi connectivity index (χ3n) is 19.8. The van der Waals surface area contributed by atoms with Crippen molar-refractivity contribution in [3.05, 3.63) is 11.4 Å². The van der Waals surface area contributed by atoms with Gasteiger partial charge in [0.05, 0.1) is 107 Å². The van der Waals surface area contributed by atoms with Gasteiger partial charge in [0.25, 0.3) is 0 Å². The van der Waals surface area contributed by atoms with Crippen molar-refractivity contribution in [2.24, 2.45) is 17.6 Å². The van der Waals surface area contributed by atoms with Gasteiger partial charge in [-0.2, -0.15) is 21.0 Å². The number of nitrogens with one attached hydrogen (secondary N) is 3. The molecule has 10 rings (SSSR count). The fraction of sp³-hybridized carbons (Fsp3) is 0.785. The molecule has 0 aromatic carbocycles. The number of halogens is 6. The van der Waals surface area contributed by atoms with Gasteiger partial charge < -0.3 is 101 Å². The second kappa shape index (κ2) is 52.0. The number of aliphatic hydroxyl groups is 6. The molecular formula is C79H125Cl2F4N17O26. The Morgan fingerprint density at radius 1 is 0.516 bits per heavy atom. The van der Waals surface area contributed by atoms with Gasteiger partial charge in [0.2, 0.25) is 17.7 Å². The zero-order chi connectivity index (χ0) is 97.6. The summed E-state index contributed by atoms with van der Waals surface area (Å²) in [7, 11) is 3.54. The lowest BCUT2D eigenvalue weighted by Crippen LogP contribution is -2.48. The van der Waals surface area contributed by atoms with E-state index in [0.29, 0.717) is 44.2 Å². The van der Waals surface area contributed by atoms with Crippen molar-refractivity contribution in [3.8, 4) is 24.3 Å². The number of ether oxygens (including phenoxy) is 4. The molecule has 21 atom stereocenters. The summed E-state index contributed by atoms with van der Waals surface area (Å²) >= 11 is 5.28. The highest BCUT2D eigenvalue weighted by molar-refractivity contribution is 6.27. The van der Waals surface area contributed by atoms with Crippen molar-refractivity contribution in [3.63, 3.8) is 0 Å². The third-order valence-corrected chi connectivity index (χ3v) is 20.0. The first-order valence-corrected chi connectivity index (χ1v) is 41.1. The minimum atomic E-state index is -2.27. The maximum absolute atomic E-state index is 13.5. The maximum Gasteiger partial charge on any atom is 0.411 e. The van der Waals surface area contributed by atoms with Gasteiger partial charge >= 0.3 is 60.4 Å². The van der Waals surface area contributed by atoms with Crippen molar-refractivity contribution in [2.45, 2.75) is 292 Å². The van der Waals surface area contributed by atoms with Crippen LogP contribution in [0.1, 0.15) is 154 Å². The number of aliphatic hydroxyl groups excluding tert-OH is 6. The number of hydrogen-bond donors (Lipinski definition) is 14. The van der Waals surface area contributed by atoms with Crippen LogP contribution in [0.3, 0.4) is 0 Å². The number of urea groups is 1. The minimum Gasteiger partial charge on any atom is -0.480 e. The molecule has 0 spiro atoms. The van der Waals surface area contributed by atoms with E-state index in [1.165, 1.54) is 19.6 Å². The van der Waals surface area contributed by atoms with Gasteiger partial charge in [0.1, 0.15) is 89.2 Å². The molecular weight excluding hydrogens is 1750 g/mol. The van der Waals surface area contributed by atoms with Gasteiger partial charge in [-0.15, -0.1) is 24.0 Å². The first kappa shape index (κ1) is 116.